The van der Waals surface area contributed by atoms with E-state index < -0.39 is 6.04 Å². The Bertz CT molecular complexity index is 1090. The molecule has 7 atom stereocenters. The molecule has 5 nitrogen and oxygen atoms in total. The molecule has 3 fully saturated rings. The van der Waals surface area contributed by atoms with Crippen LogP contribution in [0.2, 0.25) is 0 Å². The van der Waals surface area contributed by atoms with Crippen LogP contribution in [0.25, 0.3) is 0 Å². The van der Waals surface area contributed by atoms with Crippen molar-refractivity contribution in [1.82, 2.24) is 4.90 Å². The fourth-order valence-electron chi connectivity index (χ4n) is 6.29. The van der Waals surface area contributed by atoms with Crippen LogP contribution in [0.4, 0.5) is 5.69 Å². The Morgan fingerprint density at radius 2 is 1.53 bits per heavy atom. The predicted octanol–water partition coefficient (Wildman–Crippen LogP) is 3.60. The number of anilines is 1. The summed E-state index contributed by atoms with van der Waals surface area (Å²) >= 11 is 0. The smallest absolute Gasteiger partial charge is 0.248 e. The molecule has 7 rings (SSSR count). The van der Waals surface area contributed by atoms with Gasteiger partial charge in [-0.1, -0.05) is 60.2 Å². The highest BCUT2D eigenvalue weighted by Crippen LogP contribution is 2.65. The van der Waals surface area contributed by atoms with Crippen molar-refractivity contribution in [2.45, 2.75) is 25.8 Å². The van der Waals surface area contributed by atoms with Crippen LogP contribution in [0, 0.1) is 42.4 Å². The van der Waals surface area contributed by atoms with E-state index in [1.807, 2.05) is 61.5 Å². The van der Waals surface area contributed by atoms with E-state index in [1.54, 1.807) is 0 Å². The third-order valence-electron chi connectivity index (χ3n) is 7.90. The first-order valence-corrected chi connectivity index (χ1v) is 11.5. The Kier molecular flexibility index (Phi) is 4.36. The molecule has 2 bridgehead atoms. The number of allylic oxidation sites excluding steroid dienone is 2. The summed E-state index contributed by atoms with van der Waals surface area (Å²) in [5, 5.41) is 2.94. The van der Waals surface area contributed by atoms with Crippen LogP contribution in [0.3, 0.4) is 0 Å². The van der Waals surface area contributed by atoms with Gasteiger partial charge in [0, 0.05) is 12.1 Å². The van der Waals surface area contributed by atoms with Crippen LogP contribution in [-0.4, -0.2) is 28.7 Å². The second kappa shape index (κ2) is 7.16. The van der Waals surface area contributed by atoms with Gasteiger partial charge < -0.3 is 5.32 Å². The number of benzene rings is 2. The van der Waals surface area contributed by atoms with Crippen molar-refractivity contribution in [1.29, 1.82) is 0 Å². The maximum atomic E-state index is 13.6. The Balaban J connectivity index is 1.33. The molecule has 1 saturated heterocycles. The highest BCUT2D eigenvalue weighted by molar-refractivity contribution is 6.10. The first-order valence-electron chi connectivity index (χ1n) is 11.5. The minimum Gasteiger partial charge on any atom is -0.324 e. The molecule has 2 saturated carbocycles. The second-order valence-corrected chi connectivity index (χ2v) is 9.76. The van der Waals surface area contributed by atoms with Gasteiger partial charge in [-0.25, -0.2) is 0 Å². The number of carbonyl (C=O) groups excluding carboxylic acids is 3. The highest BCUT2D eigenvalue weighted by Gasteiger charge is 2.67. The van der Waals surface area contributed by atoms with Crippen LogP contribution >= 0.6 is 0 Å². The molecule has 32 heavy (non-hydrogen) atoms. The van der Waals surface area contributed by atoms with E-state index in [4.69, 9.17) is 0 Å². The van der Waals surface area contributed by atoms with E-state index in [-0.39, 0.29) is 41.4 Å². The molecule has 5 aliphatic rings. The molecule has 1 heterocycles. The number of rotatable bonds is 5. The van der Waals surface area contributed by atoms with Crippen LogP contribution in [0.15, 0.2) is 66.7 Å². The summed E-state index contributed by atoms with van der Waals surface area (Å²) in [5.74, 6) is 0.132. The number of nitrogens with zero attached hydrogens (tertiary/aromatic N) is 1. The quantitative estimate of drug-likeness (QED) is 0.587. The Morgan fingerprint density at radius 3 is 2.12 bits per heavy atom. The topological polar surface area (TPSA) is 66.5 Å². The molecule has 7 unspecified atom stereocenters. The minimum absolute atomic E-state index is 0.147. The molecule has 3 amide bonds. The lowest BCUT2D eigenvalue weighted by Crippen LogP contribution is -2.49. The average Bonchev–Trinajstić information content (AvgIpc) is 3.58. The number of likely N-dealkylation sites (tertiary alicyclic amines) is 1. The molecule has 4 aliphatic carbocycles. The van der Waals surface area contributed by atoms with Crippen molar-refractivity contribution in [3.63, 3.8) is 0 Å². The lowest BCUT2D eigenvalue weighted by Gasteiger charge is -2.37. The van der Waals surface area contributed by atoms with Gasteiger partial charge in [-0.3, -0.25) is 19.3 Å². The summed E-state index contributed by atoms with van der Waals surface area (Å²) in [5.41, 5.74) is 2.69. The first kappa shape index (κ1) is 19.5. The number of hydrogen-bond acceptors (Lipinski definition) is 3. The summed E-state index contributed by atoms with van der Waals surface area (Å²) in [6, 6.07) is 16.3. The van der Waals surface area contributed by atoms with E-state index in [2.05, 4.69) is 17.5 Å². The van der Waals surface area contributed by atoms with Crippen molar-refractivity contribution in [2.24, 2.45) is 35.5 Å². The van der Waals surface area contributed by atoms with Crippen molar-refractivity contribution in [3.8, 4) is 0 Å². The van der Waals surface area contributed by atoms with Gasteiger partial charge in [0.25, 0.3) is 0 Å². The predicted molar refractivity (Wildman–Crippen MR) is 120 cm³/mol. The van der Waals surface area contributed by atoms with Crippen molar-refractivity contribution in [3.05, 3.63) is 77.9 Å². The van der Waals surface area contributed by atoms with Gasteiger partial charge in [-0.05, 0) is 54.7 Å². The van der Waals surface area contributed by atoms with Crippen LogP contribution in [-0.2, 0) is 20.8 Å². The normalized spacial score (nSPS) is 32.5. The van der Waals surface area contributed by atoms with E-state index in [0.717, 1.165) is 17.5 Å². The molecule has 2 aromatic rings. The monoisotopic (exact) mass is 426 g/mol. The zero-order valence-electron chi connectivity index (χ0n) is 18.0. The lowest BCUT2D eigenvalue weighted by atomic mass is 9.63. The molecule has 1 N–H and O–H groups in total. The second-order valence-electron chi connectivity index (χ2n) is 9.76. The molecule has 0 aromatic heterocycles. The zero-order chi connectivity index (χ0) is 22.0. The fraction of sp³-hybridized carbons (Fsp3) is 0.370. The number of hydrogen-bond donors (Lipinski definition) is 1. The van der Waals surface area contributed by atoms with E-state index in [9.17, 15) is 14.4 Å². The van der Waals surface area contributed by atoms with Gasteiger partial charge in [0.1, 0.15) is 6.04 Å². The zero-order valence-corrected chi connectivity index (χ0v) is 18.0. The highest BCUT2D eigenvalue weighted by atomic mass is 16.2. The van der Waals surface area contributed by atoms with Gasteiger partial charge in [-0.2, -0.15) is 0 Å². The maximum absolute atomic E-state index is 13.6. The number of aryl methyl sites for hydroxylation is 1. The lowest BCUT2D eigenvalue weighted by molar-refractivity contribution is -0.146. The number of nitrogens with one attached hydrogen (secondary N) is 1. The molecular weight excluding hydrogens is 400 g/mol. The van der Waals surface area contributed by atoms with Crippen LogP contribution in [0.1, 0.15) is 17.5 Å². The summed E-state index contributed by atoms with van der Waals surface area (Å²) in [6.07, 6.45) is 5.75. The van der Waals surface area contributed by atoms with Crippen molar-refractivity contribution >= 4 is 23.4 Å². The van der Waals surface area contributed by atoms with Gasteiger partial charge in [0.15, 0.2) is 0 Å². The Morgan fingerprint density at radius 1 is 0.938 bits per heavy atom. The summed E-state index contributed by atoms with van der Waals surface area (Å²) in [4.78, 5) is 42.0. The van der Waals surface area contributed by atoms with Gasteiger partial charge in [0.2, 0.25) is 17.7 Å². The largest absolute Gasteiger partial charge is 0.324 e. The first-order chi connectivity index (χ1) is 15.5. The Hall–Kier alpha value is -3.21. The van der Waals surface area contributed by atoms with Gasteiger partial charge in [0.05, 0.1) is 11.8 Å². The van der Waals surface area contributed by atoms with Gasteiger partial charge >= 0.3 is 0 Å². The van der Waals surface area contributed by atoms with Crippen molar-refractivity contribution < 1.29 is 14.4 Å². The molecule has 2 aromatic carbocycles. The molecule has 0 spiro atoms. The molecule has 5 heteroatoms. The Labute approximate surface area is 187 Å². The average molecular weight is 427 g/mol. The van der Waals surface area contributed by atoms with Crippen molar-refractivity contribution in [2.75, 3.05) is 5.32 Å². The third-order valence-corrected chi connectivity index (χ3v) is 7.90. The standard InChI is InChI=1S/C27H26N2O3/c1-15-7-9-17(10-8-15)28-25(30)22(13-16-5-3-2-4-6-16)29-26(31)23-18-11-12-19(21-14-20(18)21)24(23)27(29)32/h2-12,18-24H,13-14H2,1H3,(H,28,30). The number of imide groups is 1. The van der Waals surface area contributed by atoms with E-state index >= 15 is 0 Å². The van der Waals surface area contributed by atoms with E-state index in [0.29, 0.717) is 23.9 Å². The van der Waals surface area contributed by atoms with E-state index in [1.165, 1.54) is 4.90 Å². The molecule has 0 radical (unpaired) electrons. The molecular formula is C27H26N2O3. The van der Waals surface area contributed by atoms with Crippen LogP contribution in [0.5, 0.6) is 0 Å². The third kappa shape index (κ3) is 2.94. The number of carbonyl (C=O) groups is 3. The molecule has 162 valence electrons. The fourth-order valence-corrected chi connectivity index (χ4v) is 6.29. The minimum atomic E-state index is -0.861. The SMILES string of the molecule is Cc1ccc(NC(=O)C(Cc2ccccc2)N2C(=O)C3C4C=CC(C5CC45)C3C2=O)cc1. The summed E-state index contributed by atoms with van der Waals surface area (Å²) in [7, 11) is 0. The van der Waals surface area contributed by atoms with Gasteiger partial charge in [-0.15, -0.1) is 0 Å². The molecule has 1 aliphatic heterocycles. The van der Waals surface area contributed by atoms with Crippen LogP contribution < -0.4 is 5.32 Å². The summed E-state index contributed by atoms with van der Waals surface area (Å²) in [6.45, 7) is 1.99. The number of amides is 3. The maximum Gasteiger partial charge on any atom is 0.248 e. The summed E-state index contributed by atoms with van der Waals surface area (Å²) < 4.78 is 0.